The Kier molecular flexibility index (Phi) is 2.48. The second-order valence-corrected chi connectivity index (χ2v) is 6.87. The number of thiophene rings is 1. The maximum Gasteiger partial charge on any atom is 0.132 e. The summed E-state index contributed by atoms with van der Waals surface area (Å²) in [5.41, 5.74) is 3.66. The van der Waals surface area contributed by atoms with Gasteiger partial charge in [0.2, 0.25) is 0 Å². The first-order valence-corrected chi connectivity index (χ1v) is 8.41. The number of nitrogens with zero attached hydrogens (tertiary/aromatic N) is 3. The summed E-state index contributed by atoms with van der Waals surface area (Å²) >= 11 is 1.87. The van der Waals surface area contributed by atoms with Gasteiger partial charge in [-0.05, 0) is 42.3 Å². The van der Waals surface area contributed by atoms with Crippen LogP contribution in [0.5, 0.6) is 0 Å². The second-order valence-electron chi connectivity index (χ2n) is 5.87. The molecule has 0 amide bonds. The molecule has 5 rings (SSSR count). The van der Waals surface area contributed by atoms with Crippen molar-refractivity contribution in [1.82, 2.24) is 19.9 Å². The van der Waals surface area contributed by atoms with Gasteiger partial charge in [0.1, 0.15) is 11.3 Å². The Hall–Kier alpha value is -1.72. The molecule has 3 aromatic heterocycles. The van der Waals surface area contributed by atoms with Crippen LogP contribution in [-0.4, -0.2) is 21.1 Å². The molecular formula is C16H16N4S. The smallest absolute Gasteiger partial charge is 0.132 e. The van der Waals surface area contributed by atoms with Gasteiger partial charge in [-0.3, -0.25) is 4.98 Å². The quantitative estimate of drug-likeness (QED) is 0.790. The minimum Gasteiger partial charge on any atom is -0.323 e. The molecule has 5 heteroatoms. The molecule has 1 aliphatic carbocycles. The van der Waals surface area contributed by atoms with Crippen LogP contribution in [0.3, 0.4) is 0 Å². The predicted molar refractivity (Wildman–Crippen MR) is 83.7 cm³/mol. The Morgan fingerprint density at radius 1 is 1.29 bits per heavy atom. The fraction of sp³-hybridized carbons (Fsp3) is 0.375. The Morgan fingerprint density at radius 3 is 3.14 bits per heavy atom. The first-order valence-electron chi connectivity index (χ1n) is 7.53. The van der Waals surface area contributed by atoms with Crippen LogP contribution < -0.4 is 5.32 Å². The third kappa shape index (κ3) is 1.77. The summed E-state index contributed by atoms with van der Waals surface area (Å²) < 4.78 is 2.45. The van der Waals surface area contributed by atoms with Crippen molar-refractivity contribution >= 4 is 22.4 Å². The lowest BCUT2D eigenvalue weighted by Gasteiger charge is -2.24. The molecule has 21 heavy (non-hydrogen) atoms. The van der Waals surface area contributed by atoms with Gasteiger partial charge in [-0.15, -0.1) is 11.3 Å². The third-order valence-electron chi connectivity index (χ3n) is 4.48. The zero-order chi connectivity index (χ0) is 13.8. The Balaban J connectivity index is 1.73. The fourth-order valence-electron chi connectivity index (χ4n) is 3.37. The molecule has 106 valence electrons. The monoisotopic (exact) mass is 296 g/mol. The van der Waals surface area contributed by atoms with Crippen LogP contribution in [0.1, 0.15) is 41.2 Å². The number of nitrogens with one attached hydrogen (secondary N) is 1. The molecule has 1 unspecified atom stereocenters. The van der Waals surface area contributed by atoms with Crippen molar-refractivity contribution in [3.63, 3.8) is 0 Å². The van der Waals surface area contributed by atoms with Gasteiger partial charge in [0.15, 0.2) is 0 Å². The van der Waals surface area contributed by atoms with E-state index < -0.39 is 0 Å². The topological polar surface area (TPSA) is 42.7 Å². The third-order valence-corrected chi connectivity index (χ3v) is 5.48. The molecule has 0 bridgehead atoms. The van der Waals surface area contributed by atoms with Crippen LogP contribution in [0.25, 0.3) is 11.0 Å². The minimum absolute atomic E-state index is 0.230. The number of imidazole rings is 1. The number of hydrogen-bond acceptors (Lipinski definition) is 4. The van der Waals surface area contributed by atoms with Crippen LogP contribution >= 0.6 is 11.3 Å². The predicted octanol–water partition coefficient (Wildman–Crippen LogP) is 3.06. The molecular weight excluding hydrogens is 280 g/mol. The molecule has 1 fully saturated rings. The molecule has 3 aromatic rings. The average Bonchev–Trinajstić information content (AvgIpc) is 3.12. The second kappa shape index (κ2) is 4.39. The summed E-state index contributed by atoms with van der Waals surface area (Å²) in [4.78, 5) is 10.7. The Labute approximate surface area is 126 Å². The molecule has 4 nitrogen and oxygen atoms in total. The van der Waals surface area contributed by atoms with Gasteiger partial charge in [-0.25, -0.2) is 4.98 Å². The zero-order valence-electron chi connectivity index (χ0n) is 11.6. The van der Waals surface area contributed by atoms with E-state index in [9.17, 15) is 0 Å². The van der Waals surface area contributed by atoms with Crippen LogP contribution in [0, 0.1) is 0 Å². The van der Waals surface area contributed by atoms with Crippen molar-refractivity contribution in [1.29, 1.82) is 0 Å². The summed E-state index contributed by atoms with van der Waals surface area (Å²) in [5, 5.41) is 5.87. The standard InChI is InChI=1S/C16H16N4S/c1-2-10(1)20-13-3-6-17-9-12(13)19-16(20)15-11-5-8-21-14(11)4-7-18-15/h3,5-6,8-10,15,18H,1-2,4,7H2. The number of pyridine rings is 1. The van der Waals surface area contributed by atoms with Gasteiger partial charge in [0, 0.05) is 23.7 Å². The molecule has 0 aromatic carbocycles. The fourth-order valence-corrected chi connectivity index (χ4v) is 4.29. The average molecular weight is 296 g/mol. The molecule has 1 aliphatic heterocycles. The summed E-state index contributed by atoms with van der Waals surface area (Å²) in [7, 11) is 0. The van der Waals surface area contributed by atoms with Gasteiger partial charge in [0.05, 0.1) is 17.8 Å². The lowest BCUT2D eigenvalue weighted by atomic mass is 10.0. The highest BCUT2D eigenvalue weighted by Crippen LogP contribution is 2.42. The lowest BCUT2D eigenvalue weighted by molar-refractivity contribution is 0.524. The van der Waals surface area contributed by atoms with Crippen molar-refractivity contribution in [2.45, 2.75) is 31.3 Å². The van der Waals surface area contributed by atoms with Gasteiger partial charge in [0.25, 0.3) is 0 Å². The van der Waals surface area contributed by atoms with E-state index in [-0.39, 0.29) is 6.04 Å². The molecule has 0 saturated heterocycles. The summed E-state index contributed by atoms with van der Waals surface area (Å²) in [6, 6.07) is 5.21. The van der Waals surface area contributed by atoms with E-state index >= 15 is 0 Å². The van der Waals surface area contributed by atoms with E-state index in [0.717, 1.165) is 18.5 Å². The normalized spacial score (nSPS) is 21.6. The van der Waals surface area contributed by atoms with E-state index in [0.29, 0.717) is 6.04 Å². The van der Waals surface area contributed by atoms with Crippen molar-refractivity contribution in [2.75, 3.05) is 6.54 Å². The SMILES string of the molecule is c1cc2c(cn1)nc(C1NCCc3sccc31)n2C1CC1. The Bertz CT molecular complexity index is 815. The summed E-state index contributed by atoms with van der Waals surface area (Å²) in [6.45, 7) is 1.03. The molecule has 1 atom stereocenters. The van der Waals surface area contributed by atoms with Crippen molar-refractivity contribution in [3.05, 3.63) is 46.2 Å². The van der Waals surface area contributed by atoms with Crippen molar-refractivity contribution in [2.24, 2.45) is 0 Å². The van der Waals surface area contributed by atoms with Crippen molar-refractivity contribution < 1.29 is 0 Å². The highest BCUT2D eigenvalue weighted by Gasteiger charge is 2.33. The first kappa shape index (κ1) is 11.9. The van der Waals surface area contributed by atoms with Crippen LogP contribution in [-0.2, 0) is 6.42 Å². The maximum atomic E-state index is 4.92. The maximum absolute atomic E-state index is 4.92. The van der Waals surface area contributed by atoms with Crippen LogP contribution in [0.4, 0.5) is 0 Å². The zero-order valence-corrected chi connectivity index (χ0v) is 12.4. The molecule has 4 heterocycles. The lowest BCUT2D eigenvalue weighted by Crippen LogP contribution is -2.31. The van der Waals surface area contributed by atoms with Gasteiger partial charge >= 0.3 is 0 Å². The number of fused-ring (bicyclic) bond motifs is 2. The highest BCUT2D eigenvalue weighted by atomic mass is 32.1. The van der Waals surface area contributed by atoms with E-state index in [2.05, 4.69) is 32.4 Å². The largest absolute Gasteiger partial charge is 0.323 e. The first-order chi connectivity index (χ1) is 10.4. The molecule has 1 N–H and O–H groups in total. The number of hydrogen-bond donors (Lipinski definition) is 1. The minimum atomic E-state index is 0.230. The number of aromatic nitrogens is 3. The highest BCUT2D eigenvalue weighted by molar-refractivity contribution is 7.10. The molecule has 1 saturated carbocycles. The van der Waals surface area contributed by atoms with Crippen LogP contribution in [0.15, 0.2) is 29.9 Å². The number of rotatable bonds is 2. The van der Waals surface area contributed by atoms with Crippen LogP contribution in [0.2, 0.25) is 0 Å². The molecule has 2 aliphatic rings. The van der Waals surface area contributed by atoms with E-state index in [1.807, 2.05) is 23.7 Å². The molecule has 0 spiro atoms. The Morgan fingerprint density at radius 2 is 2.24 bits per heavy atom. The van der Waals surface area contributed by atoms with Gasteiger partial charge in [-0.1, -0.05) is 0 Å². The summed E-state index contributed by atoms with van der Waals surface area (Å²) in [6.07, 6.45) is 7.43. The van der Waals surface area contributed by atoms with Gasteiger partial charge in [-0.2, -0.15) is 0 Å². The van der Waals surface area contributed by atoms with E-state index in [4.69, 9.17) is 4.98 Å². The molecule has 0 radical (unpaired) electrons. The van der Waals surface area contributed by atoms with E-state index in [1.54, 1.807) is 0 Å². The van der Waals surface area contributed by atoms with Gasteiger partial charge < -0.3 is 9.88 Å². The van der Waals surface area contributed by atoms with E-state index in [1.165, 1.54) is 34.6 Å². The summed E-state index contributed by atoms with van der Waals surface area (Å²) in [5.74, 6) is 1.17. The van der Waals surface area contributed by atoms with Crippen molar-refractivity contribution in [3.8, 4) is 0 Å².